The Bertz CT molecular complexity index is 435. The van der Waals surface area contributed by atoms with E-state index in [1.165, 1.54) is 0 Å². The molecule has 19 heavy (non-hydrogen) atoms. The lowest BCUT2D eigenvalue weighted by molar-refractivity contribution is -0.123. The molecule has 1 rings (SSSR count). The van der Waals surface area contributed by atoms with Gasteiger partial charge in [-0.1, -0.05) is 11.6 Å². The highest BCUT2D eigenvalue weighted by Gasteiger charge is 2.10. The molecule has 0 saturated heterocycles. The van der Waals surface area contributed by atoms with E-state index in [9.17, 15) is 9.90 Å². The van der Waals surface area contributed by atoms with Gasteiger partial charge in [-0.3, -0.25) is 4.79 Å². The Morgan fingerprint density at radius 1 is 1.47 bits per heavy atom. The number of aryl methyl sites for hydroxylation is 1. The van der Waals surface area contributed by atoms with E-state index >= 15 is 0 Å². The van der Waals surface area contributed by atoms with Gasteiger partial charge in [0.2, 0.25) is 0 Å². The topological polar surface area (TPSA) is 58.6 Å². The lowest BCUT2D eigenvalue weighted by atomic mass is 10.1. The number of carbonyl (C=O) groups is 1. The predicted molar refractivity (Wildman–Crippen MR) is 75.6 cm³/mol. The van der Waals surface area contributed by atoms with E-state index in [0.29, 0.717) is 17.2 Å². The van der Waals surface area contributed by atoms with Crippen LogP contribution in [0.25, 0.3) is 0 Å². The van der Waals surface area contributed by atoms with Gasteiger partial charge in [0.1, 0.15) is 5.75 Å². The SMILES string of the molecule is Cc1cc(OCC(=O)NC(C)CC(C)O)ccc1Cl. The third kappa shape index (κ3) is 5.94. The fraction of sp³-hybridized carbons (Fsp3) is 0.500. The minimum atomic E-state index is -0.435. The first-order valence-electron chi connectivity index (χ1n) is 6.25. The summed E-state index contributed by atoms with van der Waals surface area (Å²) in [6, 6.07) is 5.17. The Morgan fingerprint density at radius 3 is 2.74 bits per heavy atom. The highest BCUT2D eigenvalue weighted by molar-refractivity contribution is 6.31. The highest BCUT2D eigenvalue weighted by atomic mass is 35.5. The maximum atomic E-state index is 11.6. The molecule has 1 amide bonds. The molecule has 0 aliphatic carbocycles. The molecule has 0 aliphatic heterocycles. The molecule has 0 spiro atoms. The molecule has 1 aromatic rings. The number of amides is 1. The molecule has 5 heteroatoms. The Balaban J connectivity index is 2.39. The van der Waals surface area contributed by atoms with Gasteiger partial charge in [0, 0.05) is 11.1 Å². The molecular weight excluding hydrogens is 266 g/mol. The van der Waals surface area contributed by atoms with Crippen molar-refractivity contribution in [2.45, 2.75) is 39.3 Å². The van der Waals surface area contributed by atoms with Crippen LogP contribution >= 0.6 is 11.6 Å². The molecule has 106 valence electrons. The first kappa shape index (κ1) is 15.8. The smallest absolute Gasteiger partial charge is 0.258 e. The first-order chi connectivity index (χ1) is 8.88. The van der Waals surface area contributed by atoms with Crippen LogP contribution in [0.5, 0.6) is 5.75 Å². The summed E-state index contributed by atoms with van der Waals surface area (Å²) < 4.78 is 5.38. The summed E-state index contributed by atoms with van der Waals surface area (Å²) in [5, 5.41) is 12.6. The summed E-state index contributed by atoms with van der Waals surface area (Å²) in [4.78, 5) is 11.6. The summed E-state index contributed by atoms with van der Waals surface area (Å²) in [6.45, 7) is 5.36. The lowest BCUT2D eigenvalue weighted by Gasteiger charge is -2.15. The van der Waals surface area contributed by atoms with Crippen LogP contribution in [0.3, 0.4) is 0 Å². The van der Waals surface area contributed by atoms with E-state index in [0.717, 1.165) is 5.56 Å². The molecule has 0 aromatic heterocycles. The van der Waals surface area contributed by atoms with Gasteiger partial charge in [0.15, 0.2) is 6.61 Å². The fourth-order valence-electron chi connectivity index (χ4n) is 1.74. The molecular formula is C14H20ClNO3. The van der Waals surface area contributed by atoms with Crippen LogP contribution in [0.1, 0.15) is 25.8 Å². The van der Waals surface area contributed by atoms with Gasteiger partial charge in [-0.05, 0) is 51.0 Å². The van der Waals surface area contributed by atoms with E-state index in [1.807, 2.05) is 13.8 Å². The summed E-state index contributed by atoms with van der Waals surface area (Å²) in [5.74, 6) is 0.404. The monoisotopic (exact) mass is 285 g/mol. The number of aliphatic hydroxyl groups is 1. The second-order valence-electron chi connectivity index (χ2n) is 4.75. The van der Waals surface area contributed by atoms with Crippen molar-refractivity contribution in [1.82, 2.24) is 5.32 Å². The van der Waals surface area contributed by atoms with Crippen molar-refractivity contribution < 1.29 is 14.6 Å². The van der Waals surface area contributed by atoms with Crippen molar-refractivity contribution in [3.05, 3.63) is 28.8 Å². The second-order valence-corrected chi connectivity index (χ2v) is 5.16. The van der Waals surface area contributed by atoms with Crippen molar-refractivity contribution in [2.24, 2.45) is 0 Å². The Kier molecular flexibility index (Phi) is 6.12. The second kappa shape index (κ2) is 7.36. The molecule has 0 aliphatic rings. The normalized spacial score (nSPS) is 13.7. The number of ether oxygens (including phenoxy) is 1. The third-order valence-electron chi connectivity index (χ3n) is 2.60. The van der Waals surface area contributed by atoms with Crippen LogP contribution in [-0.2, 0) is 4.79 Å². The third-order valence-corrected chi connectivity index (χ3v) is 3.03. The van der Waals surface area contributed by atoms with E-state index < -0.39 is 6.10 Å². The molecule has 2 atom stereocenters. The molecule has 0 saturated carbocycles. The fourth-order valence-corrected chi connectivity index (χ4v) is 1.86. The maximum absolute atomic E-state index is 11.6. The van der Waals surface area contributed by atoms with Crippen molar-refractivity contribution in [1.29, 1.82) is 0 Å². The van der Waals surface area contributed by atoms with Gasteiger partial charge in [0.25, 0.3) is 5.91 Å². The molecule has 2 N–H and O–H groups in total. The summed E-state index contributed by atoms with van der Waals surface area (Å²) in [6.07, 6.45) is 0.0846. The van der Waals surface area contributed by atoms with E-state index in [2.05, 4.69) is 5.32 Å². The van der Waals surface area contributed by atoms with Gasteiger partial charge in [-0.2, -0.15) is 0 Å². The molecule has 4 nitrogen and oxygen atoms in total. The summed E-state index contributed by atoms with van der Waals surface area (Å²) >= 11 is 5.90. The quantitative estimate of drug-likeness (QED) is 0.843. The van der Waals surface area contributed by atoms with Gasteiger partial charge < -0.3 is 15.2 Å². The molecule has 0 heterocycles. The van der Waals surface area contributed by atoms with Crippen LogP contribution in [0.4, 0.5) is 0 Å². The summed E-state index contributed by atoms with van der Waals surface area (Å²) in [7, 11) is 0. The minimum absolute atomic E-state index is 0.0504. The zero-order valence-electron chi connectivity index (χ0n) is 11.4. The Hall–Kier alpha value is -1.26. The van der Waals surface area contributed by atoms with Crippen LogP contribution in [0.2, 0.25) is 5.02 Å². The van der Waals surface area contributed by atoms with E-state index in [1.54, 1.807) is 25.1 Å². The Morgan fingerprint density at radius 2 is 2.16 bits per heavy atom. The van der Waals surface area contributed by atoms with Gasteiger partial charge in [-0.25, -0.2) is 0 Å². The summed E-state index contributed by atoms with van der Waals surface area (Å²) in [5.41, 5.74) is 0.905. The zero-order chi connectivity index (χ0) is 14.4. The van der Waals surface area contributed by atoms with Crippen molar-refractivity contribution in [3.8, 4) is 5.75 Å². The largest absolute Gasteiger partial charge is 0.484 e. The van der Waals surface area contributed by atoms with Crippen LogP contribution in [0, 0.1) is 6.92 Å². The number of carbonyl (C=O) groups excluding carboxylic acids is 1. The number of benzene rings is 1. The zero-order valence-corrected chi connectivity index (χ0v) is 12.2. The van der Waals surface area contributed by atoms with E-state index in [-0.39, 0.29) is 18.6 Å². The number of halogens is 1. The predicted octanol–water partition coefficient (Wildman–Crippen LogP) is 2.30. The number of rotatable bonds is 6. The van der Waals surface area contributed by atoms with Crippen molar-refractivity contribution in [3.63, 3.8) is 0 Å². The van der Waals surface area contributed by atoms with Gasteiger partial charge >= 0.3 is 0 Å². The molecule has 2 unspecified atom stereocenters. The van der Waals surface area contributed by atoms with Gasteiger partial charge in [0.05, 0.1) is 6.10 Å². The number of hydrogen-bond acceptors (Lipinski definition) is 3. The maximum Gasteiger partial charge on any atom is 0.258 e. The molecule has 0 bridgehead atoms. The Labute approximate surface area is 118 Å². The van der Waals surface area contributed by atoms with Crippen molar-refractivity contribution >= 4 is 17.5 Å². The standard InChI is InChI=1S/C14H20ClNO3/c1-9-6-12(4-5-13(9)15)19-8-14(18)16-10(2)7-11(3)17/h4-6,10-11,17H,7-8H2,1-3H3,(H,16,18). The molecule has 0 radical (unpaired) electrons. The molecule has 0 fully saturated rings. The van der Waals surface area contributed by atoms with Crippen molar-refractivity contribution in [2.75, 3.05) is 6.61 Å². The average molecular weight is 286 g/mol. The van der Waals surface area contributed by atoms with E-state index in [4.69, 9.17) is 16.3 Å². The average Bonchev–Trinajstić information content (AvgIpc) is 2.29. The lowest BCUT2D eigenvalue weighted by Crippen LogP contribution is -2.37. The van der Waals surface area contributed by atoms with Crippen LogP contribution in [0.15, 0.2) is 18.2 Å². The van der Waals surface area contributed by atoms with Gasteiger partial charge in [-0.15, -0.1) is 0 Å². The highest BCUT2D eigenvalue weighted by Crippen LogP contribution is 2.20. The minimum Gasteiger partial charge on any atom is -0.484 e. The molecule has 1 aromatic carbocycles. The number of nitrogens with one attached hydrogen (secondary N) is 1. The van der Waals surface area contributed by atoms with Crippen LogP contribution in [-0.4, -0.2) is 29.8 Å². The van der Waals surface area contributed by atoms with Crippen LogP contribution < -0.4 is 10.1 Å². The first-order valence-corrected chi connectivity index (χ1v) is 6.62. The number of hydrogen-bond donors (Lipinski definition) is 2. The number of aliphatic hydroxyl groups excluding tert-OH is 1.